The molecule has 0 aromatic heterocycles. The fourth-order valence-electron chi connectivity index (χ4n) is 1.26. The number of hydrogen-bond donors (Lipinski definition) is 0. The molecule has 46 valence electrons. The highest BCUT2D eigenvalue weighted by atomic mass is 14.4. The van der Waals surface area contributed by atoms with Gasteiger partial charge in [0, 0.05) is 0 Å². The molecule has 1 atom stereocenters. The molecule has 1 aliphatic rings. The second-order valence-electron chi connectivity index (χ2n) is 3.19. The van der Waals surface area contributed by atoms with Crippen molar-refractivity contribution in [1.29, 1.82) is 0 Å². The van der Waals surface area contributed by atoms with Crippen LogP contribution < -0.4 is 0 Å². The summed E-state index contributed by atoms with van der Waals surface area (Å²) in [4.78, 5) is 0. The van der Waals surface area contributed by atoms with Crippen LogP contribution >= 0.6 is 0 Å². The third-order valence-corrected chi connectivity index (χ3v) is 2.31. The average Bonchev–Trinajstić information content (AvgIpc) is 1.86. The maximum Gasteiger partial charge on any atom is -0.0213 e. The van der Waals surface area contributed by atoms with Gasteiger partial charge in [-0.1, -0.05) is 20.3 Å². The SMILES string of the molecule is [CH2]C1(C)CCC[C]1C. The van der Waals surface area contributed by atoms with E-state index in [0.717, 1.165) is 0 Å². The Balaban J connectivity index is 2.54. The quantitative estimate of drug-likeness (QED) is 0.449. The number of rotatable bonds is 0. The van der Waals surface area contributed by atoms with E-state index in [-0.39, 0.29) is 0 Å². The summed E-state index contributed by atoms with van der Waals surface area (Å²) in [5.41, 5.74) is 0.319. The second-order valence-corrected chi connectivity index (χ2v) is 3.19. The van der Waals surface area contributed by atoms with Gasteiger partial charge in [0.15, 0.2) is 0 Å². The fourth-order valence-corrected chi connectivity index (χ4v) is 1.26. The van der Waals surface area contributed by atoms with Crippen LogP contribution in [0.5, 0.6) is 0 Å². The van der Waals surface area contributed by atoms with E-state index in [1.54, 1.807) is 5.92 Å². The zero-order chi connectivity index (χ0) is 6.20. The molecule has 0 aromatic rings. The molecule has 0 amide bonds. The minimum atomic E-state index is 0.319. The van der Waals surface area contributed by atoms with Gasteiger partial charge in [0.05, 0.1) is 0 Å². The first-order valence-corrected chi connectivity index (χ1v) is 3.31. The molecule has 0 spiro atoms. The Labute approximate surface area is 52.3 Å². The Morgan fingerprint density at radius 3 is 2.38 bits per heavy atom. The summed E-state index contributed by atoms with van der Waals surface area (Å²) in [7, 11) is 0. The Kier molecular flexibility index (Phi) is 1.34. The van der Waals surface area contributed by atoms with Crippen LogP contribution in [-0.4, -0.2) is 0 Å². The molecular formula is C8H14. The first-order valence-electron chi connectivity index (χ1n) is 3.31. The van der Waals surface area contributed by atoms with Crippen molar-refractivity contribution in [1.82, 2.24) is 0 Å². The molecule has 0 nitrogen and oxygen atoms in total. The van der Waals surface area contributed by atoms with E-state index in [4.69, 9.17) is 0 Å². The third-order valence-electron chi connectivity index (χ3n) is 2.31. The molecule has 1 saturated carbocycles. The first-order chi connectivity index (χ1) is 3.63. The van der Waals surface area contributed by atoms with Gasteiger partial charge in [-0.2, -0.15) is 0 Å². The largest absolute Gasteiger partial charge is 0.0591 e. The van der Waals surface area contributed by atoms with Crippen LogP contribution in [0.1, 0.15) is 33.1 Å². The van der Waals surface area contributed by atoms with E-state index in [9.17, 15) is 0 Å². The van der Waals surface area contributed by atoms with Crippen LogP contribution in [0.25, 0.3) is 0 Å². The highest BCUT2D eigenvalue weighted by Gasteiger charge is 2.30. The van der Waals surface area contributed by atoms with Crippen molar-refractivity contribution in [2.45, 2.75) is 33.1 Å². The highest BCUT2D eigenvalue weighted by molar-refractivity contribution is 5.07. The van der Waals surface area contributed by atoms with Crippen LogP contribution in [0.4, 0.5) is 0 Å². The smallest absolute Gasteiger partial charge is 0.0213 e. The summed E-state index contributed by atoms with van der Waals surface area (Å²) in [5.74, 6) is 1.58. The van der Waals surface area contributed by atoms with Gasteiger partial charge in [-0.05, 0) is 31.1 Å². The molecule has 1 aliphatic carbocycles. The Morgan fingerprint density at radius 2 is 2.25 bits per heavy atom. The molecule has 0 heteroatoms. The second kappa shape index (κ2) is 1.75. The summed E-state index contributed by atoms with van der Waals surface area (Å²) >= 11 is 0. The lowest BCUT2D eigenvalue weighted by atomic mass is 9.83. The molecule has 1 rings (SSSR count). The molecule has 1 unspecified atom stereocenters. The molecule has 0 N–H and O–H groups in total. The van der Waals surface area contributed by atoms with E-state index in [0.29, 0.717) is 5.41 Å². The Morgan fingerprint density at radius 1 is 1.62 bits per heavy atom. The summed E-state index contributed by atoms with van der Waals surface area (Å²) in [6, 6.07) is 0. The van der Waals surface area contributed by atoms with E-state index in [1.165, 1.54) is 19.3 Å². The van der Waals surface area contributed by atoms with Crippen molar-refractivity contribution in [3.8, 4) is 0 Å². The molecule has 0 bridgehead atoms. The van der Waals surface area contributed by atoms with E-state index < -0.39 is 0 Å². The van der Waals surface area contributed by atoms with Crippen LogP contribution in [0.3, 0.4) is 0 Å². The summed E-state index contributed by atoms with van der Waals surface area (Å²) in [6.45, 7) is 8.57. The molecular weight excluding hydrogens is 96.1 g/mol. The summed E-state index contributed by atoms with van der Waals surface area (Å²) < 4.78 is 0. The van der Waals surface area contributed by atoms with E-state index in [1.807, 2.05) is 0 Å². The predicted molar refractivity (Wildman–Crippen MR) is 36.2 cm³/mol. The molecule has 2 radical (unpaired) electrons. The van der Waals surface area contributed by atoms with Crippen molar-refractivity contribution >= 4 is 0 Å². The molecule has 0 aliphatic heterocycles. The summed E-state index contributed by atoms with van der Waals surface area (Å²) in [6.07, 6.45) is 3.95. The van der Waals surface area contributed by atoms with Gasteiger partial charge in [-0.15, -0.1) is 0 Å². The van der Waals surface area contributed by atoms with Gasteiger partial charge in [-0.25, -0.2) is 0 Å². The zero-order valence-corrected chi connectivity index (χ0v) is 5.83. The lowest BCUT2D eigenvalue weighted by Crippen LogP contribution is -2.11. The van der Waals surface area contributed by atoms with Crippen LogP contribution in [0, 0.1) is 18.3 Å². The standard InChI is InChI=1S/C8H14/c1-7-5-4-6-8(7,2)3/h2,4-6H2,1,3H3. The fraction of sp³-hybridized carbons (Fsp3) is 0.750. The molecule has 0 aromatic carbocycles. The third kappa shape index (κ3) is 0.888. The van der Waals surface area contributed by atoms with Crippen molar-refractivity contribution in [3.05, 3.63) is 12.8 Å². The van der Waals surface area contributed by atoms with Crippen LogP contribution in [0.2, 0.25) is 0 Å². The lowest BCUT2D eigenvalue weighted by Gasteiger charge is -2.21. The maximum atomic E-state index is 4.11. The van der Waals surface area contributed by atoms with E-state index >= 15 is 0 Å². The van der Waals surface area contributed by atoms with Crippen molar-refractivity contribution in [3.63, 3.8) is 0 Å². The normalized spacial score (nSPS) is 28.9. The molecule has 1 fully saturated rings. The monoisotopic (exact) mass is 110 g/mol. The van der Waals surface area contributed by atoms with Gasteiger partial charge in [0.2, 0.25) is 0 Å². The van der Waals surface area contributed by atoms with Crippen molar-refractivity contribution in [2.24, 2.45) is 5.41 Å². The summed E-state index contributed by atoms with van der Waals surface area (Å²) in [5, 5.41) is 0. The Bertz CT molecular complexity index is 82.0. The van der Waals surface area contributed by atoms with Crippen molar-refractivity contribution < 1.29 is 0 Å². The molecule has 0 heterocycles. The maximum absolute atomic E-state index is 4.11. The van der Waals surface area contributed by atoms with Gasteiger partial charge < -0.3 is 0 Å². The Hall–Kier alpha value is 0. The van der Waals surface area contributed by atoms with Crippen LogP contribution in [-0.2, 0) is 0 Å². The lowest BCUT2D eigenvalue weighted by molar-refractivity contribution is 0.475. The topological polar surface area (TPSA) is 0 Å². The first kappa shape index (κ1) is 6.12. The average molecular weight is 110 g/mol. The van der Waals surface area contributed by atoms with Crippen LogP contribution in [0.15, 0.2) is 0 Å². The number of hydrogen-bond acceptors (Lipinski definition) is 0. The van der Waals surface area contributed by atoms with Gasteiger partial charge in [0.1, 0.15) is 0 Å². The predicted octanol–water partition coefficient (Wildman–Crippen LogP) is 2.61. The van der Waals surface area contributed by atoms with Gasteiger partial charge in [0.25, 0.3) is 0 Å². The minimum Gasteiger partial charge on any atom is -0.0591 e. The highest BCUT2D eigenvalue weighted by Crippen LogP contribution is 2.43. The van der Waals surface area contributed by atoms with Gasteiger partial charge >= 0.3 is 0 Å². The van der Waals surface area contributed by atoms with Crippen molar-refractivity contribution in [2.75, 3.05) is 0 Å². The van der Waals surface area contributed by atoms with E-state index in [2.05, 4.69) is 20.8 Å². The minimum absolute atomic E-state index is 0.319. The molecule has 0 saturated heterocycles. The molecule has 8 heavy (non-hydrogen) atoms. The van der Waals surface area contributed by atoms with Gasteiger partial charge in [-0.3, -0.25) is 0 Å². The zero-order valence-electron chi connectivity index (χ0n) is 5.83.